The van der Waals surface area contributed by atoms with Crippen molar-refractivity contribution in [1.29, 1.82) is 0 Å². The minimum absolute atomic E-state index is 0.143. The SMILES string of the molecule is CCC(OC(=O)c1cccc(N)c1)C(=O)Nc1cc([N+](=O)[O-])ccc1C. The van der Waals surface area contributed by atoms with Crippen LogP contribution in [0.1, 0.15) is 29.3 Å². The summed E-state index contributed by atoms with van der Waals surface area (Å²) >= 11 is 0. The summed E-state index contributed by atoms with van der Waals surface area (Å²) < 4.78 is 5.25. The fourth-order valence-corrected chi connectivity index (χ4v) is 2.26. The Balaban J connectivity index is 2.13. The van der Waals surface area contributed by atoms with Crippen molar-refractivity contribution in [3.8, 4) is 0 Å². The smallest absolute Gasteiger partial charge is 0.338 e. The lowest BCUT2D eigenvalue weighted by Crippen LogP contribution is -2.32. The van der Waals surface area contributed by atoms with E-state index in [0.29, 0.717) is 16.9 Å². The average molecular weight is 357 g/mol. The Morgan fingerprint density at radius 2 is 2.00 bits per heavy atom. The molecule has 1 unspecified atom stereocenters. The lowest BCUT2D eigenvalue weighted by Gasteiger charge is -2.17. The monoisotopic (exact) mass is 357 g/mol. The topological polar surface area (TPSA) is 125 Å². The normalized spacial score (nSPS) is 11.5. The first-order chi connectivity index (χ1) is 12.3. The number of esters is 1. The number of anilines is 2. The summed E-state index contributed by atoms with van der Waals surface area (Å²) in [5.74, 6) is -1.23. The van der Waals surface area contributed by atoms with Gasteiger partial charge in [0.2, 0.25) is 0 Å². The number of aryl methyl sites for hydroxylation is 1. The number of carbonyl (C=O) groups is 2. The van der Waals surface area contributed by atoms with E-state index in [1.165, 1.54) is 30.3 Å². The molecular weight excluding hydrogens is 338 g/mol. The molecule has 0 fully saturated rings. The van der Waals surface area contributed by atoms with E-state index in [1.54, 1.807) is 26.0 Å². The molecule has 1 atom stereocenters. The second-order valence-electron chi connectivity index (χ2n) is 5.67. The first-order valence-corrected chi connectivity index (χ1v) is 7.94. The van der Waals surface area contributed by atoms with Gasteiger partial charge in [0.15, 0.2) is 6.10 Å². The molecule has 136 valence electrons. The molecule has 0 heterocycles. The van der Waals surface area contributed by atoms with Gasteiger partial charge in [-0.3, -0.25) is 14.9 Å². The molecule has 1 amide bonds. The molecule has 0 aromatic heterocycles. The predicted molar refractivity (Wildman–Crippen MR) is 96.8 cm³/mol. The third-order valence-electron chi connectivity index (χ3n) is 3.72. The molecule has 0 aliphatic heterocycles. The maximum Gasteiger partial charge on any atom is 0.338 e. The second kappa shape index (κ2) is 8.11. The van der Waals surface area contributed by atoms with E-state index in [9.17, 15) is 19.7 Å². The number of amides is 1. The van der Waals surface area contributed by atoms with E-state index in [0.717, 1.165) is 0 Å². The molecule has 0 aliphatic rings. The van der Waals surface area contributed by atoms with Crippen molar-refractivity contribution in [3.05, 3.63) is 63.7 Å². The molecule has 8 heteroatoms. The molecule has 26 heavy (non-hydrogen) atoms. The minimum Gasteiger partial charge on any atom is -0.449 e. The Kier molecular flexibility index (Phi) is 5.90. The van der Waals surface area contributed by atoms with Gasteiger partial charge in [-0.1, -0.05) is 19.1 Å². The Morgan fingerprint density at radius 3 is 2.62 bits per heavy atom. The minimum atomic E-state index is -1.04. The number of hydrogen-bond acceptors (Lipinski definition) is 6. The number of rotatable bonds is 6. The fourth-order valence-electron chi connectivity index (χ4n) is 2.26. The van der Waals surface area contributed by atoms with Crippen LogP contribution >= 0.6 is 0 Å². The lowest BCUT2D eigenvalue weighted by atomic mass is 10.1. The van der Waals surface area contributed by atoms with E-state index in [1.807, 2.05) is 0 Å². The van der Waals surface area contributed by atoms with Gasteiger partial charge in [-0.05, 0) is 37.1 Å². The summed E-state index contributed by atoms with van der Waals surface area (Å²) in [6.45, 7) is 3.40. The highest BCUT2D eigenvalue weighted by Gasteiger charge is 2.23. The van der Waals surface area contributed by atoms with Gasteiger partial charge in [0.25, 0.3) is 11.6 Å². The van der Waals surface area contributed by atoms with Gasteiger partial charge in [-0.25, -0.2) is 4.79 Å². The number of carbonyl (C=O) groups excluding carboxylic acids is 2. The van der Waals surface area contributed by atoms with Gasteiger partial charge < -0.3 is 15.8 Å². The van der Waals surface area contributed by atoms with Crippen LogP contribution in [0.25, 0.3) is 0 Å². The second-order valence-corrected chi connectivity index (χ2v) is 5.67. The van der Waals surface area contributed by atoms with E-state index in [2.05, 4.69) is 5.32 Å². The number of nitrogens with one attached hydrogen (secondary N) is 1. The van der Waals surface area contributed by atoms with E-state index in [-0.39, 0.29) is 17.7 Å². The zero-order valence-electron chi connectivity index (χ0n) is 14.4. The van der Waals surface area contributed by atoms with Crippen molar-refractivity contribution in [2.75, 3.05) is 11.1 Å². The molecule has 0 radical (unpaired) electrons. The molecule has 0 spiro atoms. The van der Waals surface area contributed by atoms with Crippen LogP contribution in [0.2, 0.25) is 0 Å². The van der Waals surface area contributed by atoms with Gasteiger partial charge in [-0.15, -0.1) is 0 Å². The number of nitrogens with zero attached hydrogens (tertiary/aromatic N) is 1. The predicted octanol–water partition coefficient (Wildman–Crippen LogP) is 3.06. The number of ether oxygens (including phenoxy) is 1. The van der Waals surface area contributed by atoms with Gasteiger partial charge >= 0.3 is 5.97 Å². The first kappa shape index (κ1) is 18.9. The number of hydrogen-bond donors (Lipinski definition) is 2. The van der Waals surface area contributed by atoms with Crippen molar-refractivity contribution in [2.24, 2.45) is 0 Å². The summed E-state index contributed by atoms with van der Waals surface area (Å²) in [4.78, 5) is 34.9. The van der Waals surface area contributed by atoms with E-state index in [4.69, 9.17) is 10.5 Å². The average Bonchev–Trinajstić information content (AvgIpc) is 2.60. The summed E-state index contributed by atoms with van der Waals surface area (Å²) in [7, 11) is 0. The van der Waals surface area contributed by atoms with Crippen LogP contribution in [-0.2, 0) is 9.53 Å². The largest absolute Gasteiger partial charge is 0.449 e. The van der Waals surface area contributed by atoms with Crippen molar-refractivity contribution in [3.63, 3.8) is 0 Å². The highest BCUT2D eigenvalue weighted by Crippen LogP contribution is 2.22. The van der Waals surface area contributed by atoms with Gasteiger partial charge in [0.05, 0.1) is 16.2 Å². The van der Waals surface area contributed by atoms with Crippen LogP contribution in [0.3, 0.4) is 0 Å². The summed E-state index contributed by atoms with van der Waals surface area (Å²) in [6.07, 6.45) is -0.795. The standard InChI is InChI=1S/C18H19N3O5/c1-3-16(26-18(23)12-5-4-6-13(19)9-12)17(22)20-15-10-14(21(24)25)8-7-11(15)2/h4-10,16H,3,19H2,1-2H3,(H,20,22). The molecule has 0 saturated heterocycles. The highest BCUT2D eigenvalue weighted by molar-refractivity contribution is 5.98. The van der Waals surface area contributed by atoms with E-state index >= 15 is 0 Å². The third-order valence-corrected chi connectivity index (χ3v) is 3.72. The maximum absolute atomic E-state index is 12.4. The summed E-state index contributed by atoms with van der Waals surface area (Å²) in [6, 6.07) is 10.4. The van der Waals surface area contributed by atoms with Gasteiger partial charge in [0, 0.05) is 17.8 Å². The van der Waals surface area contributed by atoms with Crippen LogP contribution in [0, 0.1) is 17.0 Å². The molecule has 8 nitrogen and oxygen atoms in total. The van der Waals surface area contributed by atoms with Crippen LogP contribution < -0.4 is 11.1 Å². The van der Waals surface area contributed by atoms with Crippen molar-refractivity contribution in [1.82, 2.24) is 0 Å². The van der Waals surface area contributed by atoms with Crippen LogP contribution in [0.4, 0.5) is 17.1 Å². The van der Waals surface area contributed by atoms with Gasteiger partial charge in [0.1, 0.15) is 0 Å². The number of nitro benzene ring substituents is 1. The highest BCUT2D eigenvalue weighted by atomic mass is 16.6. The zero-order valence-corrected chi connectivity index (χ0v) is 14.4. The number of non-ortho nitro benzene ring substituents is 1. The quantitative estimate of drug-likeness (QED) is 0.354. The molecule has 0 bridgehead atoms. The Morgan fingerprint density at radius 1 is 1.27 bits per heavy atom. The number of benzene rings is 2. The van der Waals surface area contributed by atoms with Crippen molar-refractivity contribution >= 4 is 28.9 Å². The molecule has 2 aromatic rings. The fraction of sp³-hybridized carbons (Fsp3) is 0.222. The first-order valence-electron chi connectivity index (χ1n) is 7.94. The zero-order chi connectivity index (χ0) is 19.3. The van der Waals surface area contributed by atoms with E-state index < -0.39 is 22.9 Å². The Labute approximate surface area is 150 Å². The molecule has 0 aliphatic carbocycles. The van der Waals surface area contributed by atoms with Crippen LogP contribution in [0.15, 0.2) is 42.5 Å². The Hall–Kier alpha value is -3.42. The number of nitro groups is 1. The van der Waals surface area contributed by atoms with Crippen molar-refractivity contribution < 1.29 is 19.2 Å². The number of nitrogen functional groups attached to an aromatic ring is 1. The Bertz CT molecular complexity index is 850. The van der Waals surface area contributed by atoms with Gasteiger partial charge in [-0.2, -0.15) is 0 Å². The summed E-state index contributed by atoms with van der Waals surface area (Å²) in [5.41, 5.74) is 7.09. The van der Waals surface area contributed by atoms with Crippen LogP contribution in [0.5, 0.6) is 0 Å². The summed E-state index contributed by atoms with van der Waals surface area (Å²) in [5, 5.41) is 13.5. The molecule has 2 rings (SSSR count). The molecule has 2 aromatic carbocycles. The number of nitrogens with two attached hydrogens (primary N) is 1. The maximum atomic E-state index is 12.4. The molecule has 3 N–H and O–H groups in total. The molecular formula is C18H19N3O5. The molecule has 0 saturated carbocycles. The van der Waals surface area contributed by atoms with Crippen LogP contribution in [-0.4, -0.2) is 22.9 Å². The van der Waals surface area contributed by atoms with Crippen molar-refractivity contribution in [2.45, 2.75) is 26.4 Å². The lowest BCUT2D eigenvalue weighted by molar-refractivity contribution is -0.384. The third kappa shape index (κ3) is 4.56.